The van der Waals surface area contributed by atoms with Crippen molar-refractivity contribution in [3.63, 3.8) is 0 Å². The number of rotatable bonds is 4. The van der Waals surface area contributed by atoms with Crippen molar-refractivity contribution < 1.29 is 13.2 Å². The number of anilines is 3. The fraction of sp³-hybridized carbons (Fsp3) is 0.0714. The molecule has 8 heteroatoms. The lowest BCUT2D eigenvalue weighted by molar-refractivity contribution is 0.262. The molecule has 0 atom stereocenters. The molecule has 0 spiro atoms. The van der Waals surface area contributed by atoms with E-state index in [1.54, 1.807) is 30.3 Å². The van der Waals surface area contributed by atoms with Crippen molar-refractivity contribution in [2.24, 2.45) is 0 Å². The highest BCUT2D eigenvalue weighted by atomic mass is 79.9. The summed E-state index contributed by atoms with van der Waals surface area (Å²) in [6.07, 6.45) is 1.07. The third kappa shape index (κ3) is 5.05. The second kappa shape index (κ2) is 6.80. The molecule has 2 rings (SSSR count). The summed E-state index contributed by atoms with van der Waals surface area (Å²) < 4.78 is 25.3. The summed E-state index contributed by atoms with van der Waals surface area (Å²) in [4.78, 5) is 11.9. The van der Waals surface area contributed by atoms with E-state index in [2.05, 4.69) is 31.3 Å². The van der Waals surface area contributed by atoms with Gasteiger partial charge < -0.3 is 10.6 Å². The van der Waals surface area contributed by atoms with Gasteiger partial charge in [0.2, 0.25) is 10.0 Å². The van der Waals surface area contributed by atoms with E-state index in [1.165, 1.54) is 0 Å². The van der Waals surface area contributed by atoms with E-state index in [4.69, 9.17) is 0 Å². The standard InChI is InChI=1S/C14H14BrN3O3S/c1-22(20,21)18-11-8-6-10(7-9-11)16-14(19)17-13-5-3-2-4-12(13)15/h2-9,18H,1H3,(H2,16,17,19). The van der Waals surface area contributed by atoms with Gasteiger partial charge in [-0.15, -0.1) is 0 Å². The fourth-order valence-corrected chi connectivity index (χ4v) is 2.63. The van der Waals surface area contributed by atoms with Gasteiger partial charge in [0.05, 0.1) is 11.9 Å². The van der Waals surface area contributed by atoms with Crippen LogP contribution in [0.5, 0.6) is 0 Å². The van der Waals surface area contributed by atoms with Crippen LogP contribution in [0, 0.1) is 0 Å². The molecule has 0 aromatic heterocycles. The Balaban J connectivity index is 1.99. The van der Waals surface area contributed by atoms with Crippen molar-refractivity contribution in [1.29, 1.82) is 0 Å². The Morgan fingerprint density at radius 1 is 0.955 bits per heavy atom. The summed E-state index contributed by atoms with van der Waals surface area (Å²) in [6, 6.07) is 13.2. The van der Waals surface area contributed by atoms with E-state index in [0.717, 1.165) is 10.7 Å². The van der Waals surface area contributed by atoms with Gasteiger partial charge in [-0.3, -0.25) is 4.72 Å². The molecule has 0 aliphatic rings. The minimum absolute atomic E-state index is 0.393. The highest BCUT2D eigenvalue weighted by Crippen LogP contribution is 2.21. The molecule has 6 nitrogen and oxygen atoms in total. The first-order valence-corrected chi connectivity index (χ1v) is 8.92. The van der Waals surface area contributed by atoms with Crippen molar-refractivity contribution in [2.75, 3.05) is 21.6 Å². The van der Waals surface area contributed by atoms with Crippen molar-refractivity contribution in [1.82, 2.24) is 0 Å². The average Bonchev–Trinajstić information content (AvgIpc) is 2.42. The van der Waals surface area contributed by atoms with Crippen LogP contribution in [0.25, 0.3) is 0 Å². The number of hydrogen-bond donors (Lipinski definition) is 3. The Hall–Kier alpha value is -2.06. The van der Waals surface area contributed by atoms with E-state index in [-0.39, 0.29) is 0 Å². The van der Waals surface area contributed by atoms with Crippen LogP contribution in [0.3, 0.4) is 0 Å². The van der Waals surface area contributed by atoms with Gasteiger partial charge in [0.15, 0.2) is 0 Å². The molecule has 2 aromatic carbocycles. The van der Waals surface area contributed by atoms with E-state index >= 15 is 0 Å². The Morgan fingerprint density at radius 2 is 1.55 bits per heavy atom. The van der Waals surface area contributed by atoms with Gasteiger partial charge in [-0.25, -0.2) is 13.2 Å². The Bertz CT molecular complexity index is 776. The van der Waals surface area contributed by atoms with Crippen molar-refractivity contribution in [3.8, 4) is 0 Å². The highest BCUT2D eigenvalue weighted by molar-refractivity contribution is 9.10. The highest BCUT2D eigenvalue weighted by Gasteiger charge is 2.06. The topological polar surface area (TPSA) is 87.3 Å². The number of urea groups is 1. The maximum atomic E-state index is 11.9. The van der Waals surface area contributed by atoms with Crippen LogP contribution in [0.2, 0.25) is 0 Å². The molecule has 22 heavy (non-hydrogen) atoms. The minimum Gasteiger partial charge on any atom is -0.308 e. The molecule has 0 saturated heterocycles. The van der Waals surface area contributed by atoms with Gasteiger partial charge in [0.1, 0.15) is 0 Å². The molecule has 0 aliphatic heterocycles. The zero-order valence-electron chi connectivity index (χ0n) is 11.6. The largest absolute Gasteiger partial charge is 0.323 e. The van der Waals surface area contributed by atoms with Crippen molar-refractivity contribution in [2.45, 2.75) is 0 Å². The van der Waals surface area contributed by atoms with Crippen LogP contribution in [0.15, 0.2) is 53.0 Å². The first-order chi connectivity index (χ1) is 10.3. The smallest absolute Gasteiger partial charge is 0.308 e. The lowest BCUT2D eigenvalue weighted by Gasteiger charge is -2.10. The second-order valence-electron chi connectivity index (χ2n) is 4.51. The SMILES string of the molecule is CS(=O)(=O)Nc1ccc(NC(=O)Nc2ccccc2Br)cc1. The Labute approximate surface area is 137 Å². The van der Waals surface area contributed by atoms with E-state index in [1.807, 2.05) is 18.2 Å². The van der Waals surface area contributed by atoms with E-state index < -0.39 is 16.1 Å². The quantitative estimate of drug-likeness (QED) is 0.755. The van der Waals surface area contributed by atoms with Crippen molar-refractivity contribution in [3.05, 3.63) is 53.0 Å². The van der Waals surface area contributed by atoms with Crippen molar-refractivity contribution >= 4 is 49.0 Å². The molecule has 3 N–H and O–H groups in total. The summed E-state index contributed by atoms with van der Waals surface area (Å²) in [6.45, 7) is 0. The number of halogens is 1. The maximum absolute atomic E-state index is 11.9. The molecular weight excluding hydrogens is 370 g/mol. The molecule has 0 bridgehead atoms. The number of carbonyl (C=O) groups is 1. The lowest BCUT2D eigenvalue weighted by Crippen LogP contribution is -2.19. The monoisotopic (exact) mass is 383 g/mol. The second-order valence-corrected chi connectivity index (χ2v) is 7.11. The van der Waals surface area contributed by atoms with Gasteiger partial charge in [-0.1, -0.05) is 12.1 Å². The van der Waals surface area contributed by atoms with Crippen LogP contribution >= 0.6 is 15.9 Å². The molecule has 2 aromatic rings. The Morgan fingerprint density at radius 3 is 2.14 bits per heavy atom. The number of amides is 2. The van der Waals surface area contributed by atoms with Crippen LogP contribution in [-0.4, -0.2) is 20.7 Å². The predicted octanol–water partition coefficient (Wildman–Crippen LogP) is 3.46. The van der Waals surface area contributed by atoms with Crippen LogP contribution in [-0.2, 0) is 10.0 Å². The first kappa shape index (κ1) is 16.3. The van der Waals surface area contributed by atoms with Gasteiger partial charge in [-0.2, -0.15) is 0 Å². The first-order valence-electron chi connectivity index (χ1n) is 6.24. The van der Waals surface area contributed by atoms with Crippen LogP contribution < -0.4 is 15.4 Å². The molecule has 0 aliphatic carbocycles. The molecule has 0 saturated carbocycles. The van der Waals surface area contributed by atoms with E-state index in [9.17, 15) is 13.2 Å². The summed E-state index contributed by atoms with van der Waals surface area (Å²) >= 11 is 3.34. The van der Waals surface area contributed by atoms with Gasteiger partial charge in [-0.05, 0) is 52.3 Å². The zero-order valence-corrected chi connectivity index (χ0v) is 14.0. The van der Waals surface area contributed by atoms with Gasteiger partial charge >= 0.3 is 6.03 Å². The summed E-state index contributed by atoms with van der Waals surface area (Å²) in [5.74, 6) is 0. The number of benzene rings is 2. The molecule has 0 unspecified atom stereocenters. The van der Waals surface area contributed by atoms with Gasteiger partial charge in [0.25, 0.3) is 0 Å². The third-order valence-corrected chi connectivity index (χ3v) is 3.87. The lowest BCUT2D eigenvalue weighted by atomic mass is 10.3. The van der Waals surface area contributed by atoms with Crippen LogP contribution in [0.4, 0.5) is 21.9 Å². The molecule has 2 amide bonds. The van der Waals surface area contributed by atoms with Gasteiger partial charge in [0, 0.05) is 15.8 Å². The average molecular weight is 384 g/mol. The summed E-state index contributed by atoms with van der Waals surface area (Å²) in [7, 11) is -3.31. The minimum atomic E-state index is -3.31. The number of hydrogen-bond acceptors (Lipinski definition) is 3. The number of carbonyl (C=O) groups excluding carboxylic acids is 1. The predicted molar refractivity (Wildman–Crippen MR) is 91.7 cm³/mol. The molecule has 0 radical (unpaired) electrons. The van der Waals surface area contributed by atoms with Crippen LogP contribution in [0.1, 0.15) is 0 Å². The fourth-order valence-electron chi connectivity index (χ4n) is 1.68. The molecular formula is C14H14BrN3O3S. The number of nitrogens with one attached hydrogen (secondary N) is 3. The number of sulfonamides is 1. The normalized spacial score (nSPS) is 10.8. The zero-order chi connectivity index (χ0) is 16.2. The maximum Gasteiger partial charge on any atom is 0.323 e. The Kier molecular flexibility index (Phi) is 5.04. The van der Waals surface area contributed by atoms with E-state index in [0.29, 0.717) is 17.1 Å². The molecule has 116 valence electrons. The summed E-state index contributed by atoms with van der Waals surface area (Å²) in [5, 5.41) is 5.36. The molecule has 0 heterocycles. The third-order valence-electron chi connectivity index (χ3n) is 2.57. The summed E-state index contributed by atoms with van der Waals surface area (Å²) in [5.41, 5.74) is 1.62. The number of para-hydroxylation sites is 1. The molecule has 0 fully saturated rings.